The van der Waals surface area contributed by atoms with Gasteiger partial charge in [-0.1, -0.05) is 20.8 Å². The molecule has 0 saturated carbocycles. The summed E-state index contributed by atoms with van der Waals surface area (Å²) in [7, 11) is 0. The lowest BCUT2D eigenvalue weighted by atomic mass is 10.2. The fourth-order valence-corrected chi connectivity index (χ4v) is 1.34. The molecule has 0 aliphatic heterocycles. The van der Waals surface area contributed by atoms with Gasteiger partial charge < -0.3 is 5.73 Å². The van der Waals surface area contributed by atoms with Crippen molar-refractivity contribution in [1.29, 1.82) is 0 Å². The molecule has 0 aromatic carbocycles. The van der Waals surface area contributed by atoms with E-state index in [9.17, 15) is 0 Å². The van der Waals surface area contributed by atoms with Crippen LogP contribution in [0.1, 0.15) is 20.8 Å². The van der Waals surface area contributed by atoms with Gasteiger partial charge in [0, 0.05) is 17.5 Å². The van der Waals surface area contributed by atoms with Gasteiger partial charge in [-0.2, -0.15) is 11.8 Å². The van der Waals surface area contributed by atoms with E-state index in [1.54, 1.807) is 0 Å². The minimum Gasteiger partial charge on any atom is -0.330 e. The van der Waals surface area contributed by atoms with Crippen molar-refractivity contribution in [2.24, 2.45) is 11.7 Å². The van der Waals surface area contributed by atoms with Gasteiger partial charge >= 0.3 is 0 Å². The topological polar surface area (TPSA) is 26.0 Å². The summed E-state index contributed by atoms with van der Waals surface area (Å²) in [5.41, 5.74) is 5.36. The van der Waals surface area contributed by atoms with Crippen LogP contribution in [-0.4, -0.2) is 17.5 Å². The average Bonchev–Trinajstić information content (AvgIpc) is 1.82. The van der Waals surface area contributed by atoms with Crippen molar-refractivity contribution in [1.82, 2.24) is 0 Å². The van der Waals surface area contributed by atoms with Crippen molar-refractivity contribution in [2.45, 2.75) is 26.0 Å². The Morgan fingerprint density at radius 1 is 1.33 bits per heavy atom. The summed E-state index contributed by atoms with van der Waals surface area (Å²) in [4.78, 5) is 0. The third kappa shape index (κ3) is 4.79. The van der Waals surface area contributed by atoms with E-state index in [-0.39, 0.29) is 0 Å². The maximum absolute atomic E-state index is 5.36. The molecular formula is C7H17NS. The molecule has 0 heterocycles. The highest BCUT2D eigenvalue weighted by molar-refractivity contribution is 7.99. The Hall–Kier alpha value is 0.310. The molecule has 0 aliphatic carbocycles. The Balaban J connectivity index is 3.16. The molecule has 0 saturated heterocycles. The van der Waals surface area contributed by atoms with E-state index in [1.807, 2.05) is 11.8 Å². The lowest BCUT2D eigenvalue weighted by Crippen LogP contribution is -2.10. The Morgan fingerprint density at radius 2 is 1.89 bits per heavy atom. The van der Waals surface area contributed by atoms with Crippen LogP contribution in [0.5, 0.6) is 0 Å². The molecule has 2 heteroatoms. The molecule has 0 fully saturated rings. The Labute approximate surface area is 62.4 Å². The van der Waals surface area contributed by atoms with Gasteiger partial charge in [0.2, 0.25) is 0 Å². The molecule has 0 aliphatic rings. The summed E-state index contributed by atoms with van der Waals surface area (Å²) >= 11 is 1.96. The molecule has 0 rings (SSSR count). The highest BCUT2D eigenvalue weighted by Gasteiger charge is 2.04. The summed E-state index contributed by atoms with van der Waals surface area (Å²) in [5, 5.41) is 0.758. The summed E-state index contributed by atoms with van der Waals surface area (Å²) in [6.07, 6.45) is 0. The Kier molecular flexibility index (Phi) is 5.30. The lowest BCUT2D eigenvalue weighted by molar-refractivity contribution is 0.642. The quantitative estimate of drug-likeness (QED) is 0.655. The van der Waals surface area contributed by atoms with Crippen LogP contribution in [0.4, 0.5) is 0 Å². The minimum atomic E-state index is 0.758. The highest BCUT2D eigenvalue weighted by atomic mass is 32.2. The molecule has 0 bridgehead atoms. The molecule has 0 spiro atoms. The van der Waals surface area contributed by atoms with Crippen molar-refractivity contribution in [3.8, 4) is 0 Å². The van der Waals surface area contributed by atoms with Gasteiger partial charge in [0.1, 0.15) is 0 Å². The first-order chi connectivity index (χ1) is 4.18. The minimum absolute atomic E-state index is 0.758. The fraction of sp³-hybridized carbons (Fsp3) is 1.00. The molecule has 2 N–H and O–H groups in total. The third-order valence-corrected chi connectivity index (χ3v) is 2.98. The number of thioether (sulfide) groups is 1. The summed E-state index contributed by atoms with van der Waals surface area (Å²) in [5.74, 6) is 1.88. The number of hydrogen-bond donors (Lipinski definition) is 1. The van der Waals surface area contributed by atoms with Crippen LogP contribution in [-0.2, 0) is 0 Å². The summed E-state index contributed by atoms with van der Waals surface area (Å²) in [6.45, 7) is 7.55. The van der Waals surface area contributed by atoms with Crippen molar-refractivity contribution in [3.63, 3.8) is 0 Å². The van der Waals surface area contributed by atoms with Gasteiger partial charge in [-0.3, -0.25) is 0 Å². The summed E-state index contributed by atoms with van der Waals surface area (Å²) < 4.78 is 0. The smallest absolute Gasteiger partial charge is 0.00586 e. The average molecular weight is 147 g/mol. The van der Waals surface area contributed by atoms with E-state index in [4.69, 9.17) is 5.73 Å². The first kappa shape index (κ1) is 9.31. The standard InChI is InChI=1S/C7H17NS/c1-6(2)7(3)9-5-4-8/h6-7H,4-5,8H2,1-3H3. The maximum atomic E-state index is 5.36. The molecule has 1 unspecified atom stereocenters. The van der Waals surface area contributed by atoms with Crippen LogP contribution >= 0.6 is 11.8 Å². The van der Waals surface area contributed by atoms with Crippen molar-refractivity contribution in [2.75, 3.05) is 12.3 Å². The zero-order chi connectivity index (χ0) is 7.28. The van der Waals surface area contributed by atoms with Gasteiger partial charge in [-0.05, 0) is 5.92 Å². The van der Waals surface area contributed by atoms with Gasteiger partial charge in [0.25, 0.3) is 0 Å². The predicted molar refractivity (Wildman–Crippen MR) is 45.8 cm³/mol. The molecule has 1 atom stereocenters. The Morgan fingerprint density at radius 3 is 2.22 bits per heavy atom. The van der Waals surface area contributed by atoms with E-state index in [0.29, 0.717) is 0 Å². The molecular weight excluding hydrogens is 130 g/mol. The largest absolute Gasteiger partial charge is 0.330 e. The van der Waals surface area contributed by atoms with Crippen LogP contribution in [0.2, 0.25) is 0 Å². The van der Waals surface area contributed by atoms with Gasteiger partial charge in [-0.15, -0.1) is 0 Å². The van der Waals surface area contributed by atoms with E-state index in [0.717, 1.165) is 23.5 Å². The van der Waals surface area contributed by atoms with Gasteiger partial charge in [-0.25, -0.2) is 0 Å². The van der Waals surface area contributed by atoms with Crippen molar-refractivity contribution >= 4 is 11.8 Å². The highest BCUT2D eigenvalue weighted by Crippen LogP contribution is 2.17. The monoisotopic (exact) mass is 147 g/mol. The predicted octanol–water partition coefficient (Wildman–Crippen LogP) is 1.72. The second-order valence-corrected chi connectivity index (χ2v) is 4.09. The molecule has 0 aromatic heterocycles. The van der Waals surface area contributed by atoms with Crippen molar-refractivity contribution in [3.05, 3.63) is 0 Å². The zero-order valence-electron chi connectivity index (χ0n) is 6.55. The maximum Gasteiger partial charge on any atom is 0.00586 e. The molecule has 0 aromatic rings. The second-order valence-electron chi connectivity index (χ2n) is 2.61. The number of nitrogens with two attached hydrogens (primary N) is 1. The van der Waals surface area contributed by atoms with Crippen LogP contribution in [0.25, 0.3) is 0 Å². The number of hydrogen-bond acceptors (Lipinski definition) is 2. The van der Waals surface area contributed by atoms with Gasteiger partial charge in [0.05, 0.1) is 0 Å². The van der Waals surface area contributed by atoms with Gasteiger partial charge in [0.15, 0.2) is 0 Å². The molecule has 0 amide bonds. The SMILES string of the molecule is CC(C)C(C)SCCN. The normalized spacial score (nSPS) is 14.3. The molecule has 0 radical (unpaired) electrons. The van der Waals surface area contributed by atoms with Crippen LogP contribution in [0, 0.1) is 5.92 Å². The molecule has 56 valence electrons. The fourth-order valence-electron chi connectivity index (χ4n) is 0.446. The summed E-state index contributed by atoms with van der Waals surface area (Å²) in [6, 6.07) is 0. The van der Waals surface area contributed by atoms with Crippen LogP contribution in [0.15, 0.2) is 0 Å². The van der Waals surface area contributed by atoms with E-state index in [2.05, 4.69) is 20.8 Å². The molecule has 9 heavy (non-hydrogen) atoms. The third-order valence-electron chi connectivity index (χ3n) is 1.44. The van der Waals surface area contributed by atoms with E-state index in [1.165, 1.54) is 0 Å². The van der Waals surface area contributed by atoms with E-state index >= 15 is 0 Å². The second kappa shape index (κ2) is 5.12. The van der Waals surface area contributed by atoms with Crippen LogP contribution in [0.3, 0.4) is 0 Å². The lowest BCUT2D eigenvalue weighted by Gasteiger charge is -2.13. The van der Waals surface area contributed by atoms with Crippen LogP contribution < -0.4 is 5.73 Å². The van der Waals surface area contributed by atoms with Crippen molar-refractivity contribution < 1.29 is 0 Å². The Bertz CT molecular complexity index is 63.9. The van der Waals surface area contributed by atoms with E-state index < -0.39 is 0 Å². The first-order valence-corrected chi connectivity index (χ1v) is 4.55. The number of rotatable bonds is 4. The molecule has 1 nitrogen and oxygen atoms in total. The zero-order valence-corrected chi connectivity index (χ0v) is 7.37. The first-order valence-electron chi connectivity index (χ1n) is 3.50.